The summed E-state index contributed by atoms with van der Waals surface area (Å²) in [6, 6.07) is 3.32. The van der Waals surface area contributed by atoms with Crippen molar-refractivity contribution in [3.05, 3.63) is 23.5 Å². The molecule has 0 aromatic carbocycles. The average molecular weight is 245 g/mol. The van der Waals surface area contributed by atoms with Gasteiger partial charge in [-0.05, 0) is 12.1 Å². The van der Waals surface area contributed by atoms with E-state index in [9.17, 15) is 8.42 Å². The zero-order chi connectivity index (χ0) is 11.1. The highest BCUT2D eigenvalue weighted by Gasteiger charge is 2.17. The molecule has 0 atom stereocenters. The van der Waals surface area contributed by atoms with E-state index in [0.717, 1.165) is 0 Å². The Labute approximate surface area is 92.2 Å². The molecule has 2 rings (SSSR count). The van der Waals surface area contributed by atoms with Crippen molar-refractivity contribution in [2.24, 2.45) is 0 Å². The molecule has 0 unspecified atom stereocenters. The van der Waals surface area contributed by atoms with Gasteiger partial charge in [-0.25, -0.2) is 13.4 Å². The number of pyridine rings is 1. The van der Waals surface area contributed by atoms with Gasteiger partial charge in [0.1, 0.15) is 15.6 Å². The van der Waals surface area contributed by atoms with Crippen LogP contribution in [0.1, 0.15) is 6.92 Å². The predicted molar refractivity (Wildman–Crippen MR) is 58.8 cm³/mol. The lowest BCUT2D eigenvalue weighted by molar-refractivity contribution is 0.598. The van der Waals surface area contributed by atoms with Crippen molar-refractivity contribution in [2.45, 2.75) is 11.8 Å². The Hall–Kier alpha value is -1.07. The van der Waals surface area contributed by atoms with Crippen LogP contribution in [0, 0.1) is 0 Å². The van der Waals surface area contributed by atoms with Gasteiger partial charge >= 0.3 is 0 Å². The van der Waals surface area contributed by atoms with Crippen LogP contribution in [0.15, 0.2) is 23.2 Å². The van der Waals surface area contributed by atoms with Crippen molar-refractivity contribution in [2.75, 3.05) is 5.75 Å². The largest absolute Gasteiger partial charge is 0.359 e. The third-order valence-electron chi connectivity index (χ3n) is 2.17. The van der Waals surface area contributed by atoms with Gasteiger partial charge in [-0.2, -0.15) is 0 Å². The van der Waals surface area contributed by atoms with E-state index in [2.05, 4.69) is 9.97 Å². The smallest absolute Gasteiger partial charge is 0.181 e. The van der Waals surface area contributed by atoms with Gasteiger partial charge in [0.25, 0.3) is 0 Å². The van der Waals surface area contributed by atoms with Gasteiger partial charge in [-0.1, -0.05) is 18.5 Å². The lowest BCUT2D eigenvalue weighted by atomic mass is 10.4. The highest BCUT2D eigenvalue weighted by atomic mass is 35.5. The molecule has 0 fully saturated rings. The third-order valence-corrected chi connectivity index (χ3v) is 4.12. The van der Waals surface area contributed by atoms with E-state index in [-0.39, 0.29) is 15.8 Å². The van der Waals surface area contributed by atoms with Crippen molar-refractivity contribution in [3.8, 4) is 0 Å². The Kier molecular flexibility index (Phi) is 2.44. The van der Waals surface area contributed by atoms with E-state index >= 15 is 0 Å². The van der Waals surface area contributed by atoms with Crippen LogP contribution in [0.25, 0.3) is 11.0 Å². The van der Waals surface area contributed by atoms with E-state index in [1.54, 1.807) is 19.1 Å². The van der Waals surface area contributed by atoms with Crippen LogP contribution < -0.4 is 0 Å². The van der Waals surface area contributed by atoms with Gasteiger partial charge in [0.15, 0.2) is 9.84 Å². The monoisotopic (exact) mass is 244 g/mol. The van der Waals surface area contributed by atoms with E-state index < -0.39 is 9.84 Å². The number of halogens is 1. The van der Waals surface area contributed by atoms with Crippen molar-refractivity contribution in [3.63, 3.8) is 0 Å². The number of aromatic nitrogens is 2. The van der Waals surface area contributed by atoms with Crippen molar-refractivity contribution in [1.29, 1.82) is 0 Å². The number of nitrogens with zero attached hydrogens (tertiary/aromatic N) is 1. The molecule has 0 radical (unpaired) electrons. The van der Waals surface area contributed by atoms with Crippen LogP contribution >= 0.6 is 11.6 Å². The van der Waals surface area contributed by atoms with Gasteiger partial charge in [0.2, 0.25) is 0 Å². The molecule has 4 nitrogen and oxygen atoms in total. The molecule has 80 valence electrons. The van der Waals surface area contributed by atoms with E-state index in [0.29, 0.717) is 11.0 Å². The van der Waals surface area contributed by atoms with Gasteiger partial charge in [-0.3, -0.25) is 0 Å². The number of nitrogens with one attached hydrogen (secondary N) is 1. The molecule has 0 saturated carbocycles. The fourth-order valence-corrected chi connectivity index (χ4v) is 2.49. The number of fused-ring (bicyclic) bond motifs is 1. The molecule has 0 aliphatic heterocycles. The summed E-state index contributed by atoms with van der Waals surface area (Å²) in [5.41, 5.74) is 1.08. The van der Waals surface area contributed by atoms with Crippen LogP contribution in [0.4, 0.5) is 0 Å². The summed E-state index contributed by atoms with van der Waals surface area (Å²) in [6.07, 6.45) is 1.45. The van der Waals surface area contributed by atoms with Crippen LogP contribution in [-0.4, -0.2) is 24.1 Å². The summed E-state index contributed by atoms with van der Waals surface area (Å²) < 4.78 is 23.4. The molecule has 0 spiro atoms. The molecular weight excluding hydrogens is 236 g/mol. The van der Waals surface area contributed by atoms with E-state index in [1.165, 1.54) is 6.20 Å². The second-order valence-corrected chi connectivity index (χ2v) is 5.72. The minimum Gasteiger partial charge on any atom is -0.359 e. The number of rotatable bonds is 2. The summed E-state index contributed by atoms with van der Waals surface area (Å²) in [6.45, 7) is 1.60. The van der Waals surface area contributed by atoms with Gasteiger partial charge in [0, 0.05) is 6.20 Å². The SMILES string of the molecule is CCS(=O)(=O)c1c[nH]c2ccc(Cl)nc12. The lowest BCUT2D eigenvalue weighted by Gasteiger charge is -1.97. The number of sulfone groups is 1. The Morgan fingerprint density at radius 2 is 2.20 bits per heavy atom. The minimum absolute atomic E-state index is 0.0497. The Balaban J connectivity index is 2.78. The first-order valence-corrected chi connectivity index (χ1v) is 6.44. The molecule has 15 heavy (non-hydrogen) atoms. The number of hydrogen-bond donors (Lipinski definition) is 1. The van der Waals surface area contributed by atoms with Crippen molar-refractivity contribution in [1.82, 2.24) is 9.97 Å². The standard InChI is InChI=1S/C9H9ClN2O2S/c1-2-15(13,14)7-5-11-6-3-4-8(10)12-9(6)7/h3-5,11H,2H2,1H3. The van der Waals surface area contributed by atoms with E-state index in [4.69, 9.17) is 11.6 Å². The predicted octanol–water partition coefficient (Wildman–Crippen LogP) is 2.01. The van der Waals surface area contributed by atoms with Crippen LogP contribution in [-0.2, 0) is 9.84 Å². The second kappa shape index (κ2) is 3.50. The van der Waals surface area contributed by atoms with Gasteiger partial charge in [0.05, 0.1) is 11.3 Å². The maximum Gasteiger partial charge on any atom is 0.181 e. The zero-order valence-corrected chi connectivity index (χ0v) is 9.56. The van der Waals surface area contributed by atoms with E-state index in [1.807, 2.05) is 0 Å². The Morgan fingerprint density at radius 3 is 2.87 bits per heavy atom. The lowest BCUT2D eigenvalue weighted by Crippen LogP contribution is -2.03. The maximum atomic E-state index is 11.7. The Morgan fingerprint density at radius 1 is 1.47 bits per heavy atom. The van der Waals surface area contributed by atoms with Crippen LogP contribution in [0.5, 0.6) is 0 Å². The summed E-state index contributed by atoms with van der Waals surface area (Å²) in [4.78, 5) is 7.07. The summed E-state index contributed by atoms with van der Waals surface area (Å²) >= 11 is 5.72. The summed E-state index contributed by atoms with van der Waals surface area (Å²) in [7, 11) is -3.25. The highest BCUT2D eigenvalue weighted by Crippen LogP contribution is 2.23. The third kappa shape index (κ3) is 1.72. The Bertz CT molecular complexity index is 604. The van der Waals surface area contributed by atoms with Crippen molar-refractivity contribution >= 4 is 32.5 Å². The molecule has 0 aliphatic carbocycles. The molecule has 1 N–H and O–H groups in total. The first-order chi connectivity index (χ1) is 7.04. The normalized spacial score (nSPS) is 12.1. The molecule has 0 aliphatic rings. The van der Waals surface area contributed by atoms with Gasteiger partial charge in [-0.15, -0.1) is 0 Å². The number of hydrogen-bond acceptors (Lipinski definition) is 3. The highest BCUT2D eigenvalue weighted by molar-refractivity contribution is 7.91. The van der Waals surface area contributed by atoms with Crippen molar-refractivity contribution < 1.29 is 8.42 Å². The molecule has 2 heterocycles. The molecule has 6 heteroatoms. The molecular formula is C9H9ClN2O2S. The zero-order valence-electron chi connectivity index (χ0n) is 7.99. The molecule has 2 aromatic heterocycles. The first-order valence-electron chi connectivity index (χ1n) is 4.41. The summed E-state index contributed by atoms with van der Waals surface area (Å²) in [5.74, 6) is 0.0497. The molecule has 0 amide bonds. The molecule has 0 saturated heterocycles. The quantitative estimate of drug-likeness (QED) is 0.822. The number of aromatic amines is 1. The maximum absolute atomic E-state index is 11.7. The minimum atomic E-state index is -3.25. The summed E-state index contributed by atoms with van der Waals surface area (Å²) in [5, 5.41) is 0.287. The van der Waals surface area contributed by atoms with Gasteiger partial charge < -0.3 is 4.98 Å². The average Bonchev–Trinajstić information content (AvgIpc) is 2.61. The fourth-order valence-electron chi connectivity index (χ4n) is 1.34. The van der Waals surface area contributed by atoms with Crippen LogP contribution in [0.3, 0.4) is 0 Å². The second-order valence-electron chi connectivity index (χ2n) is 3.09. The van der Waals surface area contributed by atoms with Crippen LogP contribution in [0.2, 0.25) is 5.15 Å². The number of H-pyrrole nitrogens is 1. The fraction of sp³-hybridized carbons (Fsp3) is 0.222. The molecule has 2 aromatic rings. The topological polar surface area (TPSA) is 62.8 Å². The first kappa shape index (κ1) is 10.4. The molecule has 0 bridgehead atoms.